The molecule has 0 radical (unpaired) electrons. The number of ether oxygens (including phenoxy) is 2. The number of halogens is 1. The number of aliphatic hydroxyl groups is 1. The van der Waals surface area contributed by atoms with E-state index in [0.717, 1.165) is 39.3 Å². The number of aromatic hydroxyl groups is 1. The van der Waals surface area contributed by atoms with Gasteiger partial charge >= 0.3 is 0 Å². The van der Waals surface area contributed by atoms with Gasteiger partial charge in [0, 0.05) is 41.3 Å². The number of nitrogens with zero attached hydrogens (tertiary/aromatic N) is 1. The standard InChI is InChI=1S/C24H22N2O5.CH3Cl/c1-30-22-12-18-14(11-23(22)31-9-8-27)10-19(25-18)24(29)26-7-6-16-15-4-2-3-5-17(15)21(28)13-20(16)26;1-2/h2-5,10-13,25,27-28H,6-9H2,1H3;1H3. The molecule has 5 rings (SSSR count). The van der Waals surface area contributed by atoms with Gasteiger partial charge in [-0.1, -0.05) is 24.3 Å². The van der Waals surface area contributed by atoms with Gasteiger partial charge in [0.15, 0.2) is 11.5 Å². The molecule has 0 aliphatic carbocycles. The van der Waals surface area contributed by atoms with Crippen molar-refractivity contribution >= 4 is 44.9 Å². The van der Waals surface area contributed by atoms with Crippen LogP contribution >= 0.6 is 11.6 Å². The molecule has 7 nitrogen and oxygen atoms in total. The highest BCUT2D eigenvalue weighted by Gasteiger charge is 2.29. The van der Waals surface area contributed by atoms with Crippen LogP contribution in [0.15, 0.2) is 48.5 Å². The van der Waals surface area contributed by atoms with Gasteiger partial charge in [0.25, 0.3) is 5.91 Å². The fourth-order valence-electron chi connectivity index (χ4n) is 4.29. The monoisotopic (exact) mass is 468 g/mol. The third-order valence-corrected chi connectivity index (χ3v) is 5.72. The predicted octanol–water partition coefficient (Wildman–Crippen LogP) is 4.46. The molecule has 0 bridgehead atoms. The minimum Gasteiger partial charge on any atom is -0.507 e. The number of methoxy groups -OCH3 is 1. The van der Waals surface area contributed by atoms with E-state index in [2.05, 4.69) is 16.6 Å². The largest absolute Gasteiger partial charge is 0.507 e. The molecule has 33 heavy (non-hydrogen) atoms. The summed E-state index contributed by atoms with van der Waals surface area (Å²) in [5.74, 6) is 1.03. The van der Waals surface area contributed by atoms with Gasteiger partial charge < -0.3 is 29.6 Å². The van der Waals surface area contributed by atoms with Crippen molar-refractivity contribution in [2.45, 2.75) is 6.42 Å². The van der Waals surface area contributed by atoms with E-state index < -0.39 is 0 Å². The Balaban J connectivity index is 0.00000126. The maximum Gasteiger partial charge on any atom is 0.274 e. The molecule has 3 N–H and O–H groups in total. The molecular formula is C25H25ClN2O5. The Morgan fingerprint density at radius 1 is 1.12 bits per heavy atom. The summed E-state index contributed by atoms with van der Waals surface area (Å²) in [5.41, 5.74) is 3.00. The highest BCUT2D eigenvalue weighted by atomic mass is 35.5. The molecule has 2 heterocycles. The van der Waals surface area contributed by atoms with Gasteiger partial charge in [-0.15, -0.1) is 11.6 Å². The number of benzene rings is 3. The van der Waals surface area contributed by atoms with Crippen LogP contribution in [0.5, 0.6) is 17.2 Å². The summed E-state index contributed by atoms with van der Waals surface area (Å²) in [7, 11) is 1.54. The highest BCUT2D eigenvalue weighted by Crippen LogP contribution is 2.40. The summed E-state index contributed by atoms with van der Waals surface area (Å²) < 4.78 is 10.9. The van der Waals surface area contributed by atoms with Crippen LogP contribution in [0.1, 0.15) is 16.1 Å². The average molecular weight is 469 g/mol. The van der Waals surface area contributed by atoms with Crippen molar-refractivity contribution in [3.8, 4) is 17.2 Å². The number of nitrogens with one attached hydrogen (secondary N) is 1. The number of aromatic nitrogens is 1. The number of aliphatic hydroxyl groups excluding tert-OH is 1. The molecule has 4 aromatic rings. The van der Waals surface area contributed by atoms with Crippen molar-refractivity contribution in [2.75, 3.05) is 38.2 Å². The van der Waals surface area contributed by atoms with Gasteiger partial charge in [-0.25, -0.2) is 0 Å². The Morgan fingerprint density at radius 2 is 1.88 bits per heavy atom. The molecule has 0 atom stereocenters. The second-order valence-electron chi connectivity index (χ2n) is 7.49. The third-order valence-electron chi connectivity index (χ3n) is 5.72. The van der Waals surface area contributed by atoms with Crippen molar-refractivity contribution < 1.29 is 24.5 Å². The van der Waals surface area contributed by atoms with Crippen LogP contribution in [0.2, 0.25) is 0 Å². The summed E-state index contributed by atoms with van der Waals surface area (Å²) in [6, 6.07) is 14.7. The number of fused-ring (bicyclic) bond motifs is 4. The number of amides is 1. The minimum atomic E-state index is -0.165. The molecule has 8 heteroatoms. The van der Waals surface area contributed by atoms with Gasteiger partial charge in [-0.3, -0.25) is 4.79 Å². The van der Waals surface area contributed by atoms with Gasteiger partial charge in [0.2, 0.25) is 0 Å². The number of rotatable bonds is 5. The van der Waals surface area contributed by atoms with Crippen LogP contribution in [-0.4, -0.2) is 54.4 Å². The molecule has 172 valence electrons. The number of H-pyrrole nitrogens is 1. The molecule has 0 fully saturated rings. The van der Waals surface area contributed by atoms with E-state index in [1.165, 1.54) is 6.38 Å². The number of anilines is 1. The molecule has 1 amide bonds. The van der Waals surface area contributed by atoms with E-state index in [-0.39, 0.29) is 24.9 Å². The SMILES string of the molecule is CCl.COc1cc2[nH]c(C(=O)N3CCc4c3cc(O)c3ccccc43)cc2cc1OCCO. The number of alkyl halides is 1. The predicted molar refractivity (Wildman–Crippen MR) is 130 cm³/mol. The number of phenols is 1. The van der Waals surface area contributed by atoms with Gasteiger partial charge in [0.05, 0.1) is 19.4 Å². The topological polar surface area (TPSA) is 95.0 Å². The van der Waals surface area contributed by atoms with Crippen LogP contribution in [0.25, 0.3) is 21.7 Å². The summed E-state index contributed by atoms with van der Waals surface area (Å²) in [6.07, 6.45) is 2.20. The smallest absolute Gasteiger partial charge is 0.274 e. The van der Waals surface area contributed by atoms with Crippen molar-refractivity contribution in [1.29, 1.82) is 0 Å². The van der Waals surface area contributed by atoms with E-state index in [1.54, 1.807) is 36.3 Å². The summed E-state index contributed by atoms with van der Waals surface area (Å²) in [6.45, 7) is 0.596. The molecule has 1 aliphatic heterocycles. The second kappa shape index (κ2) is 9.60. The summed E-state index contributed by atoms with van der Waals surface area (Å²) in [4.78, 5) is 18.2. The Kier molecular flexibility index (Phi) is 6.62. The maximum absolute atomic E-state index is 13.4. The highest BCUT2D eigenvalue weighted by molar-refractivity contribution is 6.15. The zero-order chi connectivity index (χ0) is 23.5. The Hall–Kier alpha value is -3.42. The fourth-order valence-corrected chi connectivity index (χ4v) is 4.29. The molecular weight excluding hydrogens is 444 g/mol. The van der Waals surface area contributed by atoms with Crippen molar-refractivity contribution in [3.05, 3.63) is 59.8 Å². The number of hydrogen-bond donors (Lipinski definition) is 3. The first-order valence-corrected chi connectivity index (χ1v) is 11.2. The lowest BCUT2D eigenvalue weighted by atomic mass is 10.0. The first-order chi connectivity index (χ1) is 16.1. The molecule has 3 aromatic carbocycles. The normalized spacial score (nSPS) is 12.4. The Labute approximate surface area is 196 Å². The molecule has 1 aromatic heterocycles. The molecule has 1 aliphatic rings. The Bertz CT molecular complexity index is 1320. The zero-order valence-electron chi connectivity index (χ0n) is 18.4. The van der Waals surface area contributed by atoms with Crippen molar-refractivity contribution in [1.82, 2.24) is 4.98 Å². The van der Waals surface area contributed by atoms with Crippen molar-refractivity contribution in [3.63, 3.8) is 0 Å². The number of carbonyl (C=O) groups excluding carboxylic acids is 1. The molecule has 0 saturated heterocycles. The zero-order valence-corrected chi connectivity index (χ0v) is 19.1. The summed E-state index contributed by atoms with van der Waals surface area (Å²) >= 11 is 4.64. The van der Waals surface area contributed by atoms with E-state index in [9.17, 15) is 9.90 Å². The van der Waals surface area contributed by atoms with Crippen LogP contribution in [0, 0.1) is 0 Å². The quantitative estimate of drug-likeness (QED) is 0.376. The van der Waals surface area contributed by atoms with E-state index in [4.69, 9.17) is 14.6 Å². The molecule has 0 unspecified atom stereocenters. The second-order valence-corrected chi connectivity index (χ2v) is 7.49. The number of carbonyl (C=O) groups is 1. The van der Waals surface area contributed by atoms with Crippen molar-refractivity contribution in [2.24, 2.45) is 0 Å². The lowest BCUT2D eigenvalue weighted by Crippen LogP contribution is -2.29. The fraction of sp³-hybridized carbons (Fsp3) is 0.240. The van der Waals surface area contributed by atoms with Gasteiger partial charge in [-0.2, -0.15) is 0 Å². The molecule has 0 spiro atoms. The lowest BCUT2D eigenvalue weighted by molar-refractivity contribution is 0.0985. The maximum atomic E-state index is 13.4. The minimum absolute atomic E-state index is 0.103. The number of aromatic amines is 1. The van der Waals surface area contributed by atoms with Gasteiger partial charge in [-0.05, 0) is 29.5 Å². The Morgan fingerprint density at radius 3 is 2.61 bits per heavy atom. The lowest BCUT2D eigenvalue weighted by Gasteiger charge is -2.17. The average Bonchev–Trinajstić information content (AvgIpc) is 3.47. The number of phenolic OH excluding ortho intramolecular Hbond substituents is 1. The summed E-state index contributed by atoms with van der Waals surface area (Å²) in [5, 5.41) is 22.1. The van der Waals surface area contributed by atoms with E-state index in [1.807, 2.05) is 24.3 Å². The third kappa shape index (κ3) is 4.05. The van der Waals surface area contributed by atoms with Crippen LogP contribution in [-0.2, 0) is 6.42 Å². The van der Waals surface area contributed by atoms with E-state index in [0.29, 0.717) is 23.7 Å². The van der Waals surface area contributed by atoms with E-state index >= 15 is 0 Å². The first kappa shape index (κ1) is 22.8. The number of hydrogen-bond acceptors (Lipinski definition) is 5. The molecule has 0 saturated carbocycles. The van der Waals surface area contributed by atoms with Crippen LogP contribution in [0.4, 0.5) is 5.69 Å². The first-order valence-electron chi connectivity index (χ1n) is 10.5. The van der Waals surface area contributed by atoms with Gasteiger partial charge in [0.1, 0.15) is 18.1 Å². The van der Waals surface area contributed by atoms with Crippen LogP contribution < -0.4 is 14.4 Å². The van der Waals surface area contributed by atoms with Crippen LogP contribution in [0.3, 0.4) is 0 Å².